The summed E-state index contributed by atoms with van der Waals surface area (Å²) >= 11 is 0. The Labute approximate surface area is 89.9 Å². The van der Waals surface area contributed by atoms with E-state index in [0.29, 0.717) is 0 Å². The van der Waals surface area contributed by atoms with Crippen LogP contribution in [0, 0.1) is 11.8 Å². The topological polar surface area (TPSA) is 38.7 Å². The minimum atomic E-state index is -0.484. The normalized spacial score (nSPS) is 51.5. The van der Waals surface area contributed by atoms with Crippen LogP contribution in [0.25, 0.3) is 0 Å². The lowest BCUT2D eigenvalue weighted by atomic mass is 9.59. The first-order valence-corrected chi connectivity index (χ1v) is 5.98. The molecular formula is C12H17NO2. The smallest absolute Gasteiger partial charge is 0.237 e. The van der Waals surface area contributed by atoms with Crippen molar-refractivity contribution < 1.29 is 9.53 Å². The van der Waals surface area contributed by atoms with E-state index < -0.39 is 5.72 Å². The number of hydrogen-bond donors (Lipinski definition) is 0. The number of ether oxygens (including phenoxy) is 1. The minimum absolute atomic E-state index is 0.0322. The van der Waals surface area contributed by atoms with Crippen LogP contribution in [-0.2, 0) is 9.53 Å². The lowest BCUT2D eigenvalue weighted by molar-refractivity contribution is -0.271. The molecule has 2 aliphatic heterocycles. The highest BCUT2D eigenvalue weighted by atomic mass is 16.5. The summed E-state index contributed by atoms with van der Waals surface area (Å²) in [7, 11) is 0. The Morgan fingerprint density at radius 2 is 2.00 bits per heavy atom. The summed E-state index contributed by atoms with van der Waals surface area (Å²) in [6.07, 6.45) is 8.33. The van der Waals surface area contributed by atoms with Crippen molar-refractivity contribution in [2.75, 3.05) is 0 Å². The van der Waals surface area contributed by atoms with Crippen LogP contribution in [0.3, 0.4) is 0 Å². The molecule has 0 N–H and O–H groups in total. The van der Waals surface area contributed by atoms with E-state index >= 15 is 0 Å². The van der Waals surface area contributed by atoms with E-state index in [4.69, 9.17) is 4.74 Å². The molecule has 3 heteroatoms. The van der Waals surface area contributed by atoms with Gasteiger partial charge < -0.3 is 4.74 Å². The fourth-order valence-electron chi connectivity index (χ4n) is 4.20. The zero-order chi connectivity index (χ0) is 10.5. The van der Waals surface area contributed by atoms with E-state index in [0.717, 1.165) is 31.1 Å². The summed E-state index contributed by atoms with van der Waals surface area (Å²) in [6, 6.07) is 0. The van der Waals surface area contributed by atoms with Gasteiger partial charge in [-0.15, -0.1) is 0 Å². The van der Waals surface area contributed by atoms with Gasteiger partial charge in [-0.1, -0.05) is 6.92 Å². The first kappa shape index (κ1) is 9.56. The molecule has 2 saturated heterocycles. The van der Waals surface area contributed by atoms with Crippen molar-refractivity contribution in [2.45, 2.75) is 56.8 Å². The maximum absolute atomic E-state index is 10.5. The van der Waals surface area contributed by atoms with Gasteiger partial charge in [0.2, 0.25) is 6.08 Å². The van der Waals surface area contributed by atoms with E-state index in [2.05, 4.69) is 11.9 Å². The lowest BCUT2D eigenvalue weighted by Crippen LogP contribution is -2.60. The van der Waals surface area contributed by atoms with Crippen molar-refractivity contribution in [3.8, 4) is 0 Å². The molecule has 0 amide bonds. The summed E-state index contributed by atoms with van der Waals surface area (Å²) in [6.45, 7) is 2.19. The molecule has 2 atom stereocenters. The summed E-state index contributed by atoms with van der Waals surface area (Å²) in [5, 5.41) is 0. The fraction of sp³-hybridized carbons (Fsp3) is 0.917. The summed E-state index contributed by atoms with van der Waals surface area (Å²) in [5.41, 5.74) is -0.452. The Morgan fingerprint density at radius 3 is 2.53 bits per heavy atom. The van der Waals surface area contributed by atoms with E-state index in [1.165, 1.54) is 19.3 Å². The van der Waals surface area contributed by atoms with Crippen molar-refractivity contribution in [2.24, 2.45) is 16.8 Å². The second kappa shape index (κ2) is 2.93. The molecule has 2 aliphatic carbocycles. The Morgan fingerprint density at radius 1 is 1.33 bits per heavy atom. The van der Waals surface area contributed by atoms with Crippen molar-refractivity contribution in [3.05, 3.63) is 0 Å². The average molecular weight is 207 g/mol. The summed E-state index contributed by atoms with van der Waals surface area (Å²) in [4.78, 5) is 14.5. The number of nitrogens with zero attached hydrogens (tertiary/aromatic N) is 1. The van der Waals surface area contributed by atoms with Crippen LogP contribution < -0.4 is 0 Å². The standard InChI is InChI=1S/C12H17NO2/c1-2-11-4-9-3-10(5-11)7-12(6-9,15-11)13-8-14/h9-10H,2-7H2,1H3. The molecule has 4 bridgehead atoms. The van der Waals surface area contributed by atoms with Gasteiger partial charge in [-0.3, -0.25) is 0 Å². The number of hydrogen-bond acceptors (Lipinski definition) is 3. The molecule has 4 rings (SSSR count). The monoisotopic (exact) mass is 207 g/mol. The zero-order valence-electron chi connectivity index (χ0n) is 9.16. The lowest BCUT2D eigenvalue weighted by Gasteiger charge is -2.59. The number of isocyanates is 1. The van der Waals surface area contributed by atoms with Crippen LogP contribution in [0.15, 0.2) is 4.99 Å². The third kappa shape index (κ3) is 1.30. The zero-order valence-corrected chi connectivity index (χ0v) is 9.16. The van der Waals surface area contributed by atoms with Crippen LogP contribution >= 0.6 is 0 Å². The second-order valence-electron chi connectivity index (χ2n) is 5.57. The van der Waals surface area contributed by atoms with Crippen LogP contribution in [0.2, 0.25) is 0 Å². The Balaban J connectivity index is 1.98. The Hall–Kier alpha value is -0.660. The quantitative estimate of drug-likeness (QED) is 0.515. The van der Waals surface area contributed by atoms with E-state index in [1.807, 2.05) is 0 Å². The van der Waals surface area contributed by atoms with Crippen LogP contribution in [0.4, 0.5) is 0 Å². The van der Waals surface area contributed by atoms with Gasteiger partial charge in [0.25, 0.3) is 0 Å². The van der Waals surface area contributed by atoms with Crippen molar-refractivity contribution >= 4 is 6.08 Å². The summed E-state index contributed by atoms with van der Waals surface area (Å²) < 4.78 is 6.16. The first-order chi connectivity index (χ1) is 7.19. The van der Waals surface area contributed by atoms with Gasteiger partial charge in [-0.25, -0.2) is 4.79 Å². The van der Waals surface area contributed by atoms with Crippen LogP contribution in [0.1, 0.15) is 45.4 Å². The molecule has 2 heterocycles. The molecule has 2 saturated carbocycles. The second-order valence-corrected chi connectivity index (χ2v) is 5.57. The third-order valence-corrected chi connectivity index (χ3v) is 4.50. The minimum Gasteiger partial charge on any atom is -0.347 e. The number of carbonyl (C=O) groups excluding carboxylic acids is 1. The maximum atomic E-state index is 10.5. The molecule has 3 nitrogen and oxygen atoms in total. The molecule has 0 aromatic carbocycles. The summed E-state index contributed by atoms with van der Waals surface area (Å²) in [5.74, 6) is 1.45. The molecule has 82 valence electrons. The van der Waals surface area contributed by atoms with Gasteiger partial charge >= 0.3 is 0 Å². The Bertz CT molecular complexity index is 319. The number of aliphatic imine (C=N–C) groups is 1. The highest BCUT2D eigenvalue weighted by molar-refractivity contribution is 5.35. The van der Waals surface area contributed by atoms with E-state index in [1.54, 1.807) is 6.08 Å². The van der Waals surface area contributed by atoms with E-state index in [-0.39, 0.29) is 5.60 Å². The van der Waals surface area contributed by atoms with Gasteiger partial charge in [0, 0.05) is 12.8 Å². The van der Waals surface area contributed by atoms with Crippen molar-refractivity contribution in [1.82, 2.24) is 0 Å². The van der Waals surface area contributed by atoms with Crippen LogP contribution in [0.5, 0.6) is 0 Å². The predicted molar refractivity (Wildman–Crippen MR) is 55.0 cm³/mol. The predicted octanol–water partition coefficient (Wildman–Crippen LogP) is 2.41. The molecule has 0 aromatic rings. The fourth-order valence-corrected chi connectivity index (χ4v) is 4.20. The first-order valence-electron chi connectivity index (χ1n) is 5.98. The van der Waals surface area contributed by atoms with Gasteiger partial charge in [0.15, 0.2) is 5.72 Å². The molecule has 0 radical (unpaired) electrons. The number of rotatable bonds is 2. The molecular weight excluding hydrogens is 190 g/mol. The molecule has 0 aromatic heterocycles. The van der Waals surface area contributed by atoms with Gasteiger partial charge in [-0.2, -0.15) is 4.99 Å². The third-order valence-electron chi connectivity index (χ3n) is 4.50. The average Bonchev–Trinajstić information content (AvgIpc) is 2.15. The molecule has 0 spiro atoms. The molecule has 15 heavy (non-hydrogen) atoms. The maximum Gasteiger partial charge on any atom is 0.237 e. The molecule has 4 fully saturated rings. The van der Waals surface area contributed by atoms with E-state index in [9.17, 15) is 4.79 Å². The Kier molecular flexibility index (Phi) is 1.87. The SMILES string of the molecule is CCC12CC3CC(C1)CC(N=C=O)(C3)O2. The van der Waals surface area contributed by atoms with Gasteiger partial charge in [0.05, 0.1) is 5.60 Å². The molecule has 2 unspecified atom stereocenters. The highest BCUT2D eigenvalue weighted by Gasteiger charge is 2.58. The van der Waals surface area contributed by atoms with Crippen molar-refractivity contribution in [3.63, 3.8) is 0 Å². The largest absolute Gasteiger partial charge is 0.347 e. The highest BCUT2D eigenvalue weighted by Crippen LogP contribution is 2.58. The van der Waals surface area contributed by atoms with Gasteiger partial charge in [0.1, 0.15) is 0 Å². The van der Waals surface area contributed by atoms with Crippen molar-refractivity contribution in [1.29, 1.82) is 0 Å². The van der Waals surface area contributed by atoms with Crippen LogP contribution in [-0.4, -0.2) is 17.4 Å². The molecule has 4 aliphatic rings. The van der Waals surface area contributed by atoms with Gasteiger partial charge in [-0.05, 0) is 37.5 Å².